The summed E-state index contributed by atoms with van der Waals surface area (Å²) in [5, 5.41) is 18.2. The minimum Gasteiger partial charge on any atom is -0.506 e. The molecule has 0 unspecified atom stereocenters. The fourth-order valence-corrected chi connectivity index (χ4v) is 1.51. The maximum Gasteiger partial charge on any atom is 0.141 e. The first-order valence-corrected chi connectivity index (χ1v) is 4.90. The van der Waals surface area contributed by atoms with Gasteiger partial charge in [-0.1, -0.05) is 6.07 Å². The van der Waals surface area contributed by atoms with Crippen molar-refractivity contribution in [2.24, 2.45) is 5.73 Å². The lowest BCUT2D eigenvalue weighted by molar-refractivity contribution is 0.275. The molecule has 1 aromatic rings. The van der Waals surface area contributed by atoms with Crippen LogP contribution < -0.4 is 5.73 Å². The highest BCUT2D eigenvalue weighted by Gasteiger charge is 2.15. The molecule has 3 nitrogen and oxygen atoms in total. The monoisotopic (exact) mass is 299 g/mol. The van der Waals surface area contributed by atoms with Crippen LogP contribution in [-0.2, 0) is 0 Å². The molecule has 1 rings (SSSR count). The number of phenolic OH excluding ortho intramolecular Hbond substituents is 1. The van der Waals surface area contributed by atoms with Gasteiger partial charge in [-0.25, -0.2) is 4.39 Å². The SMILES string of the molecule is Cl.N[C@H](CCO)c1ccc(F)c(Br)c1O. The number of benzene rings is 1. The Morgan fingerprint density at radius 2 is 2.07 bits per heavy atom. The van der Waals surface area contributed by atoms with Crippen molar-refractivity contribution in [2.75, 3.05) is 6.61 Å². The minimum absolute atomic E-state index is 0. The molecule has 0 amide bonds. The molecule has 0 saturated heterocycles. The highest BCUT2D eigenvalue weighted by molar-refractivity contribution is 9.10. The number of rotatable bonds is 3. The summed E-state index contributed by atoms with van der Waals surface area (Å²) in [6, 6.07) is 2.14. The number of aliphatic hydroxyl groups excluding tert-OH is 1. The summed E-state index contributed by atoms with van der Waals surface area (Å²) in [7, 11) is 0. The highest BCUT2D eigenvalue weighted by atomic mass is 79.9. The molecular formula is C9H12BrClFNO2. The molecular weight excluding hydrogens is 288 g/mol. The highest BCUT2D eigenvalue weighted by Crippen LogP contribution is 2.33. The van der Waals surface area contributed by atoms with E-state index in [1.165, 1.54) is 12.1 Å². The number of aliphatic hydroxyl groups is 1. The van der Waals surface area contributed by atoms with Crippen LogP contribution in [0.3, 0.4) is 0 Å². The van der Waals surface area contributed by atoms with Gasteiger partial charge in [0.2, 0.25) is 0 Å². The number of phenols is 1. The molecule has 0 fully saturated rings. The maximum atomic E-state index is 12.9. The zero-order chi connectivity index (χ0) is 10.7. The first-order chi connectivity index (χ1) is 6.57. The largest absolute Gasteiger partial charge is 0.506 e. The molecule has 1 aromatic carbocycles. The van der Waals surface area contributed by atoms with E-state index in [1.54, 1.807) is 0 Å². The molecule has 4 N–H and O–H groups in total. The Kier molecular flexibility index (Phi) is 6.12. The Bertz CT molecular complexity index is 338. The lowest BCUT2D eigenvalue weighted by Gasteiger charge is -2.13. The average molecular weight is 301 g/mol. The van der Waals surface area contributed by atoms with Gasteiger partial charge in [-0.2, -0.15) is 0 Å². The van der Waals surface area contributed by atoms with Crippen LogP contribution >= 0.6 is 28.3 Å². The van der Waals surface area contributed by atoms with Gasteiger partial charge in [0.05, 0.1) is 4.47 Å². The normalized spacial score (nSPS) is 12.0. The van der Waals surface area contributed by atoms with Gasteiger partial charge in [0.25, 0.3) is 0 Å². The van der Waals surface area contributed by atoms with E-state index in [-0.39, 0.29) is 29.2 Å². The van der Waals surface area contributed by atoms with Crippen molar-refractivity contribution in [1.82, 2.24) is 0 Å². The van der Waals surface area contributed by atoms with Crippen LogP contribution in [-0.4, -0.2) is 16.8 Å². The van der Waals surface area contributed by atoms with Crippen molar-refractivity contribution in [1.29, 1.82) is 0 Å². The molecule has 0 bridgehead atoms. The quantitative estimate of drug-likeness (QED) is 0.801. The summed E-state index contributed by atoms with van der Waals surface area (Å²) < 4.78 is 12.9. The van der Waals surface area contributed by atoms with Gasteiger partial charge in [-0.05, 0) is 28.4 Å². The summed E-state index contributed by atoms with van der Waals surface area (Å²) in [5.74, 6) is -0.742. The Morgan fingerprint density at radius 1 is 1.47 bits per heavy atom. The van der Waals surface area contributed by atoms with Crippen LogP contribution in [0.25, 0.3) is 0 Å². The van der Waals surface area contributed by atoms with E-state index in [2.05, 4.69) is 15.9 Å². The van der Waals surface area contributed by atoms with Crippen LogP contribution in [0.2, 0.25) is 0 Å². The summed E-state index contributed by atoms with van der Waals surface area (Å²) in [6.45, 7) is -0.0738. The topological polar surface area (TPSA) is 66.5 Å². The van der Waals surface area contributed by atoms with E-state index in [1.807, 2.05) is 0 Å². The third kappa shape index (κ3) is 3.31. The Morgan fingerprint density at radius 3 is 2.60 bits per heavy atom. The van der Waals surface area contributed by atoms with E-state index in [9.17, 15) is 9.50 Å². The lowest BCUT2D eigenvalue weighted by atomic mass is 10.0. The third-order valence-electron chi connectivity index (χ3n) is 1.94. The fraction of sp³-hybridized carbons (Fsp3) is 0.333. The van der Waals surface area contributed by atoms with Gasteiger partial charge in [0.1, 0.15) is 11.6 Å². The van der Waals surface area contributed by atoms with E-state index < -0.39 is 11.9 Å². The fourth-order valence-electron chi connectivity index (χ4n) is 1.15. The summed E-state index contributed by atoms with van der Waals surface area (Å²) >= 11 is 2.91. The predicted octanol–water partition coefficient (Wildman–Crippen LogP) is 2.10. The summed E-state index contributed by atoms with van der Waals surface area (Å²) in [5.41, 5.74) is 6.09. The van der Waals surface area contributed by atoms with Gasteiger partial charge in [0, 0.05) is 18.2 Å². The number of aromatic hydroxyl groups is 1. The van der Waals surface area contributed by atoms with Crippen molar-refractivity contribution in [3.05, 3.63) is 28.0 Å². The van der Waals surface area contributed by atoms with Gasteiger partial charge in [-0.15, -0.1) is 12.4 Å². The van der Waals surface area contributed by atoms with Crippen molar-refractivity contribution in [3.63, 3.8) is 0 Å². The molecule has 15 heavy (non-hydrogen) atoms. The molecule has 0 radical (unpaired) electrons. The zero-order valence-electron chi connectivity index (χ0n) is 7.78. The summed E-state index contributed by atoms with van der Waals surface area (Å²) in [4.78, 5) is 0. The number of halogens is 3. The van der Waals surface area contributed by atoms with E-state index >= 15 is 0 Å². The van der Waals surface area contributed by atoms with Crippen LogP contribution in [0.5, 0.6) is 5.75 Å². The molecule has 0 heterocycles. The van der Waals surface area contributed by atoms with Crippen LogP contribution in [0, 0.1) is 5.82 Å². The molecule has 0 aliphatic rings. The predicted molar refractivity (Wildman–Crippen MR) is 61.6 cm³/mol. The number of hydrogen-bond acceptors (Lipinski definition) is 3. The van der Waals surface area contributed by atoms with Crippen LogP contribution in [0.4, 0.5) is 4.39 Å². The molecule has 86 valence electrons. The molecule has 6 heteroatoms. The molecule has 0 saturated carbocycles. The van der Waals surface area contributed by atoms with Gasteiger partial charge in [-0.3, -0.25) is 0 Å². The lowest BCUT2D eigenvalue weighted by Crippen LogP contribution is -2.12. The van der Waals surface area contributed by atoms with Gasteiger partial charge in [0.15, 0.2) is 0 Å². The summed E-state index contributed by atoms with van der Waals surface area (Å²) in [6.07, 6.45) is 0.325. The Balaban J connectivity index is 0.00000196. The number of hydrogen-bond donors (Lipinski definition) is 3. The molecule has 1 atom stereocenters. The van der Waals surface area contributed by atoms with Gasteiger partial charge >= 0.3 is 0 Å². The molecule has 0 aliphatic heterocycles. The third-order valence-corrected chi connectivity index (χ3v) is 2.69. The molecule has 0 aromatic heterocycles. The first kappa shape index (κ1) is 14.6. The number of nitrogens with two attached hydrogens (primary N) is 1. The van der Waals surface area contributed by atoms with E-state index in [0.717, 1.165) is 0 Å². The smallest absolute Gasteiger partial charge is 0.141 e. The standard InChI is InChI=1S/C9H11BrFNO2.ClH/c10-8-6(11)2-1-5(9(8)14)7(12)3-4-13;/h1-2,7,13-14H,3-4,12H2;1H/t7-;/m1./s1. The van der Waals surface area contributed by atoms with Crippen molar-refractivity contribution in [2.45, 2.75) is 12.5 Å². The minimum atomic E-state index is -0.539. The van der Waals surface area contributed by atoms with Crippen LogP contribution in [0.1, 0.15) is 18.0 Å². The zero-order valence-corrected chi connectivity index (χ0v) is 10.2. The second kappa shape index (κ2) is 6.27. The second-order valence-corrected chi connectivity index (χ2v) is 3.71. The molecule has 0 aliphatic carbocycles. The van der Waals surface area contributed by atoms with Crippen molar-refractivity contribution >= 4 is 28.3 Å². The van der Waals surface area contributed by atoms with E-state index in [0.29, 0.717) is 12.0 Å². The Labute approximate surface area is 102 Å². The van der Waals surface area contributed by atoms with E-state index in [4.69, 9.17) is 10.8 Å². The molecule has 0 spiro atoms. The first-order valence-electron chi connectivity index (χ1n) is 4.11. The van der Waals surface area contributed by atoms with Crippen molar-refractivity contribution in [3.8, 4) is 5.75 Å². The van der Waals surface area contributed by atoms with Crippen molar-refractivity contribution < 1.29 is 14.6 Å². The van der Waals surface area contributed by atoms with Crippen LogP contribution in [0.15, 0.2) is 16.6 Å². The van der Waals surface area contributed by atoms with Gasteiger partial charge < -0.3 is 15.9 Å². The average Bonchev–Trinajstić information content (AvgIpc) is 2.15. The maximum absolute atomic E-state index is 12.9. The Hall–Kier alpha value is -0.360. The second-order valence-electron chi connectivity index (χ2n) is 2.92.